The molecular formula is C12H11ClN2O2S2. The van der Waals surface area contributed by atoms with E-state index in [4.69, 9.17) is 11.6 Å². The van der Waals surface area contributed by atoms with E-state index >= 15 is 0 Å². The molecule has 1 aromatic heterocycles. The summed E-state index contributed by atoms with van der Waals surface area (Å²) in [6, 6.07) is 8.09. The third-order valence-electron chi connectivity index (χ3n) is 3.20. The highest BCUT2D eigenvalue weighted by Crippen LogP contribution is 2.34. The summed E-state index contributed by atoms with van der Waals surface area (Å²) >= 11 is 6.61. The van der Waals surface area contributed by atoms with E-state index in [0.717, 1.165) is 17.8 Å². The Labute approximate surface area is 120 Å². The highest BCUT2D eigenvalue weighted by Gasteiger charge is 2.27. The molecule has 0 bridgehead atoms. The Morgan fingerprint density at radius 1 is 1.42 bits per heavy atom. The van der Waals surface area contributed by atoms with Gasteiger partial charge in [-0.25, -0.2) is 18.1 Å². The van der Waals surface area contributed by atoms with E-state index in [1.54, 1.807) is 0 Å². The lowest BCUT2D eigenvalue weighted by molar-refractivity contribution is 0.553. The summed E-state index contributed by atoms with van der Waals surface area (Å²) in [5.74, 6) is 0.259. The van der Waals surface area contributed by atoms with Crippen LogP contribution in [-0.4, -0.2) is 19.9 Å². The average molecular weight is 315 g/mol. The molecule has 1 aromatic carbocycles. The maximum Gasteiger partial charge on any atom is 0.251 e. The number of rotatable bonds is 4. The summed E-state index contributed by atoms with van der Waals surface area (Å²) in [6.45, 7) is 0.412. The molecule has 19 heavy (non-hydrogen) atoms. The van der Waals surface area contributed by atoms with Crippen molar-refractivity contribution in [2.45, 2.75) is 16.5 Å². The number of thiazole rings is 1. The first-order valence-corrected chi connectivity index (χ1v) is 8.43. The Balaban J connectivity index is 1.68. The molecule has 1 unspecified atom stereocenters. The quantitative estimate of drug-likeness (QED) is 0.943. The second-order valence-corrected chi connectivity index (χ2v) is 7.99. The van der Waals surface area contributed by atoms with Crippen molar-refractivity contribution in [1.29, 1.82) is 0 Å². The molecule has 1 aliphatic rings. The van der Waals surface area contributed by atoms with Gasteiger partial charge in [0, 0.05) is 12.5 Å². The zero-order valence-corrected chi connectivity index (χ0v) is 12.2. The van der Waals surface area contributed by atoms with Gasteiger partial charge in [-0.05, 0) is 17.5 Å². The molecule has 7 heteroatoms. The fourth-order valence-corrected chi connectivity index (χ4v) is 4.61. The van der Waals surface area contributed by atoms with Crippen molar-refractivity contribution >= 4 is 33.0 Å². The van der Waals surface area contributed by atoms with Crippen LogP contribution in [0.3, 0.4) is 0 Å². The summed E-state index contributed by atoms with van der Waals surface area (Å²) in [6.07, 6.45) is 2.20. The lowest BCUT2D eigenvalue weighted by Gasteiger charge is -2.29. The predicted molar refractivity (Wildman–Crippen MR) is 75.2 cm³/mol. The van der Waals surface area contributed by atoms with Crippen LogP contribution in [-0.2, 0) is 16.4 Å². The highest BCUT2D eigenvalue weighted by atomic mass is 35.5. The van der Waals surface area contributed by atoms with Gasteiger partial charge < -0.3 is 0 Å². The van der Waals surface area contributed by atoms with Crippen LogP contribution >= 0.6 is 22.9 Å². The van der Waals surface area contributed by atoms with E-state index in [1.807, 2.05) is 18.2 Å². The van der Waals surface area contributed by atoms with Crippen LogP contribution in [0, 0.1) is 0 Å². The third kappa shape index (κ3) is 2.53. The molecule has 2 aromatic rings. The van der Waals surface area contributed by atoms with Gasteiger partial charge in [-0.1, -0.05) is 47.2 Å². The van der Waals surface area contributed by atoms with Gasteiger partial charge in [0.05, 0.1) is 6.20 Å². The van der Waals surface area contributed by atoms with E-state index in [1.165, 1.54) is 17.3 Å². The van der Waals surface area contributed by atoms with Gasteiger partial charge in [0.25, 0.3) is 10.0 Å². The minimum Gasteiger partial charge on any atom is -0.232 e. The molecule has 1 aliphatic carbocycles. The van der Waals surface area contributed by atoms with Gasteiger partial charge in [0.1, 0.15) is 0 Å². The van der Waals surface area contributed by atoms with Gasteiger partial charge in [-0.2, -0.15) is 0 Å². The number of halogens is 1. The summed E-state index contributed by atoms with van der Waals surface area (Å²) < 4.78 is 27.0. The van der Waals surface area contributed by atoms with E-state index in [0.29, 0.717) is 6.54 Å². The maximum absolute atomic E-state index is 12.0. The molecule has 1 heterocycles. The summed E-state index contributed by atoms with van der Waals surface area (Å²) in [7, 11) is -3.49. The molecule has 4 nitrogen and oxygen atoms in total. The summed E-state index contributed by atoms with van der Waals surface area (Å²) in [5, 5.41) is 0. The first-order valence-electron chi connectivity index (χ1n) is 5.75. The highest BCUT2D eigenvalue weighted by molar-refractivity contribution is 7.91. The Hall–Kier alpha value is -0.950. The van der Waals surface area contributed by atoms with Crippen LogP contribution in [0.4, 0.5) is 0 Å². The van der Waals surface area contributed by atoms with Crippen molar-refractivity contribution in [2.24, 2.45) is 0 Å². The van der Waals surface area contributed by atoms with E-state index < -0.39 is 10.0 Å². The Bertz CT molecular complexity index is 712. The molecule has 0 spiro atoms. The average Bonchev–Trinajstić information content (AvgIpc) is 2.78. The minimum absolute atomic E-state index is 0.158. The number of nitrogens with one attached hydrogen (secondary N) is 1. The minimum atomic E-state index is -3.49. The fraction of sp³-hybridized carbons (Fsp3) is 0.250. The fourth-order valence-electron chi connectivity index (χ4n) is 2.19. The van der Waals surface area contributed by atoms with Gasteiger partial charge in [-0.15, -0.1) is 0 Å². The predicted octanol–water partition coefficient (Wildman–Crippen LogP) is 2.41. The SMILES string of the molecule is O=S(=O)(NCC1Cc2ccccc21)c1cnc(Cl)s1. The van der Waals surface area contributed by atoms with Gasteiger partial charge in [0.2, 0.25) is 0 Å². The first-order chi connectivity index (χ1) is 9.06. The third-order valence-corrected chi connectivity index (χ3v) is 6.20. The molecule has 1 N–H and O–H groups in total. The van der Waals surface area contributed by atoms with Gasteiger partial charge in [0.15, 0.2) is 8.68 Å². The number of hydrogen-bond donors (Lipinski definition) is 1. The largest absolute Gasteiger partial charge is 0.251 e. The zero-order chi connectivity index (χ0) is 13.5. The van der Waals surface area contributed by atoms with E-state index in [-0.39, 0.29) is 14.6 Å². The maximum atomic E-state index is 12.0. The van der Waals surface area contributed by atoms with Crippen molar-refractivity contribution in [3.05, 3.63) is 46.1 Å². The van der Waals surface area contributed by atoms with Crippen molar-refractivity contribution in [3.63, 3.8) is 0 Å². The number of aromatic nitrogens is 1. The van der Waals surface area contributed by atoms with E-state index in [2.05, 4.69) is 15.8 Å². The molecule has 0 saturated heterocycles. The normalized spacial score (nSPS) is 17.8. The number of fused-ring (bicyclic) bond motifs is 1. The molecule has 1 atom stereocenters. The van der Waals surface area contributed by atoms with Gasteiger partial charge >= 0.3 is 0 Å². The second-order valence-electron chi connectivity index (χ2n) is 4.38. The Morgan fingerprint density at radius 3 is 2.89 bits per heavy atom. The molecule has 0 amide bonds. The monoisotopic (exact) mass is 314 g/mol. The van der Waals surface area contributed by atoms with Crippen molar-refractivity contribution in [2.75, 3.05) is 6.54 Å². The molecule has 0 radical (unpaired) electrons. The van der Waals surface area contributed by atoms with Crippen molar-refractivity contribution in [1.82, 2.24) is 9.71 Å². The van der Waals surface area contributed by atoms with Crippen molar-refractivity contribution in [3.8, 4) is 0 Å². The Kier molecular flexibility index (Phi) is 3.34. The molecule has 100 valence electrons. The second kappa shape index (κ2) is 4.86. The Morgan fingerprint density at radius 2 is 2.21 bits per heavy atom. The number of benzene rings is 1. The van der Waals surface area contributed by atoms with Crippen LogP contribution < -0.4 is 4.72 Å². The molecule has 0 saturated carbocycles. The zero-order valence-electron chi connectivity index (χ0n) is 9.84. The molecule has 0 fully saturated rings. The number of sulfonamides is 1. The summed E-state index contributed by atoms with van der Waals surface area (Å²) in [4.78, 5) is 3.74. The topological polar surface area (TPSA) is 59.1 Å². The van der Waals surface area contributed by atoms with Crippen LogP contribution in [0.25, 0.3) is 0 Å². The molecule has 0 aliphatic heterocycles. The van der Waals surface area contributed by atoms with Crippen LogP contribution in [0.1, 0.15) is 17.0 Å². The number of hydrogen-bond acceptors (Lipinski definition) is 4. The molecular weight excluding hydrogens is 304 g/mol. The van der Waals surface area contributed by atoms with Crippen LogP contribution in [0.15, 0.2) is 34.7 Å². The van der Waals surface area contributed by atoms with Crippen LogP contribution in [0.2, 0.25) is 4.47 Å². The van der Waals surface area contributed by atoms with Crippen LogP contribution in [0.5, 0.6) is 0 Å². The lowest BCUT2D eigenvalue weighted by Crippen LogP contribution is -2.32. The first kappa shape index (κ1) is 13.1. The van der Waals surface area contributed by atoms with Crippen molar-refractivity contribution < 1.29 is 8.42 Å². The summed E-state index contributed by atoms with van der Waals surface area (Å²) in [5.41, 5.74) is 2.53. The van der Waals surface area contributed by atoms with E-state index in [9.17, 15) is 8.42 Å². The smallest absolute Gasteiger partial charge is 0.232 e. The number of nitrogens with zero attached hydrogens (tertiary/aromatic N) is 1. The lowest BCUT2D eigenvalue weighted by atomic mass is 9.78. The molecule has 3 rings (SSSR count). The van der Waals surface area contributed by atoms with Gasteiger partial charge in [-0.3, -0.25) is 0 Å². The standard InChI is InChI=1S/C12H11ClN2O2S2/c13-12-14-7-11(18-12)19(16,17)15-6-9-5-8-3-1-2-4-10(8)9/h1-4,7,9,15H,5-6H2.